The Morgan fingerprint density at radius 3 is 3.00 bits per heavy atom. The van der Waals surface area contributed by atoms with E-state index in [4.69, 9.17) is 0 Å². The minimum atomic E-state index is 0.0384. The van der Waals surface area contributed by atoms with E-state index >= 15 is 0 Å². The summed E-state index contributed by atoms with van der Waals surface area (Å²) in [5.74, 6) is 0. The Balaban J connectivity index is 2.58. The molecule has 0 bridgehead atoms. The number of hydrogen-bond donors (Lipinski definition) is 0. The van der Waals surface area contributed by atoms with Gasteiger partial charge in [0.15, 0.2) is 0 Å². The summed E-state index contributed by atoms with van der Waals surface area (Å²) >= 11 is 1.76. The van der Waals surface area contributed by atoms with E-state index in [1.165, 1.54) is 0 Å². The van der Waals surface area contributed by atoms with Gasteiger partial charge in [-0.05, 0) is 11.6 Å². The van der Waals surface area contributed by atoms with Gasteiger partial charge in [-0.3, -0.25) is 9.78 Å². The first-order chi connectivity index (χ1) is 5.70. The number of aromatic nitrogens is 1. The minimum Gasteiger partial charge on any atom is -0.333 e. The fourth-order valence-corrected chi connectivity index (χ4v) is 0.998. The number of hydrogen-bond acceptors (Lipinski definition) is 2. The Labute approximate surface area is 84.9 Å². The van der Waals surface area contributed by atoms with Gasteiger partial charge in [0.2, 0.25) is 0 Å². The topological polar surface area (TPSA) is 33.2 Å². The summed E-state index contributed by atoms with van der Waals surface area (Å²) in [5, 5.41) is 0. The number of nitrogens with zero attached hydrogens (tertiary/aromatic N) is 2. The molecule has 3 nitrogen and oxygen atoms in total. The third kappa shape index (κ3) is 2.77. The predicted octanol–water partition coefficient (Wildman–Crippen LogP) is 2.07. The summed E-state index contributed by atoms with van der Waals surface area (Å²) in [4.78, 5) is 16.4. The van der Waals surface area contributed by atoms with Crippen LogP contribution in [-0.2, 0) is 6.54 Å². The Morgan fingerprint density at radius 1 is 1.75 bits per heavy atom. The highest BCUT2D eigenvalue weighted by Crippen LogP contribution is 2.04. The maximum atomic E-state index is 10.8. The fourth-order valence-electron chi connectivity index (χ4n) is 0.828. The average molecular weight is 276 g/mol. The second kappa shape index (κ2) is 4.39. The van der Waals surface area contributed by atoms with E-state index in [-0.39, 0.29) is 3.91 Å². The van der Waals surface area contributed by atoms with Gasteiger partial charge in [-0.15, -0.1) is 0 Å². The molecule has 0 aliphatic rings. The third-order valence-corrected chi connectivity index (χ3v) is 2.27. The van der Waals surface area contributed by atoms with Gasteiger partial charge in [-0.1, -0.05) is 6.07 Å². The molecule has 1 aromatic heterocycles. The molecule has 0 aliphatic heterocycles. The van der Waals surface area contributed by atoms with E-state index in [0.29, 0.717) is 6.54 Å². The van der Waals surface area contributed by atoms with Crippen LogP contribution >= 0.6 is 22.6 Å². The zero-order valence-corrected chi connectivity index (χ0v) is 8.85. The zero-order chi connectivity index (χ0) is 8.97. The molecule has 0 unspecified atom stereocenters. The van der Waals surface area contributed by atoms with Crippen molar-refractivity contribution in [3.8, 4) is 0 Å². The summed E-state index contributed by atoms with van der Waals surface area (Å²) in [5.41, 5.74) is 1.05. The number of amides is 1. The number of carbonyl (C=O) groups excluding carboxylic acids is 1. The van der Waals surface area contributed by atoms with Crippen LogP contribution < -0.4 is 0 Å². The average Bonchev–Trinajstić information content (AvgIpc) is 2.06. The molecule has 0 aliphatic carbocycles. The molecular formula is C8H9IN2O. The van der Waals surface area contributed by atoms with Gasteiger partial charge in [0.25, 0.3) is 3.91 Å². The lowest BCUT2D eigenvalue weighted by molar-refractivity contribution is 0.234. The van der Waals surface area contributed by atoms with Crippen molar-refractivity contribution >= 4 is 26.5 Å². The molecule has 0 atom stereocenters. The van der Waals surface area contributed by atoms with E-state index in [0.717, 1.165) is 5.56 Å². The first-order valence-electron chi connectivity index (χ1n) is 3.49. The van der Waals surface area contributed by atoms with Crippen LogP contribution in [0, 0.1) is 0 Å². The van der Waals surface area contributed by atoms with Crippen LogP contribution in [0.25, 0.3) is 0 Å². The predicted molar refractivity (Wildman–Crippen MR) is 55.1 cm³/mol. The van der Waals surface area contributed by atoms with Crippen LogP contribution in [0.15, 0.2) is 24.5 Å². The quantitative estimate of drug-likeness (QED) is 0.470. The molecule has 1 heterocycles. The largest absolute Gasteiger partial charge is 0.333 e. The first-order valence-corrected chi connectivity index (χ1v) is 4.57. The van der Waals surface area contributed by atoms with E-state index in [9.17, 15) is 4.79 Å². The van der Waals surface area contributed by atoms with Crippen molar-refractivity contribution in [3.63, 3.8) is 0 Å². The van der Waals surface area contributed by atoms with Gasteiger partial charge in [-0.2, -0.15) is 0 Å². The smallest absolute Gasteiger partial charge is 0.283 e. The van der Waals surface area contributed by atoms with Crippen LogP contribution in [0.2, 0.25) is 0 Å². The first kappa shape index (κ1) is 9.44. The standard InChI is InChI=1S/C8H9IN2O/c1-11(8(9)12)6-7-3-2-4-10-5-7/h2-5H,6H2,1H3. The lowest BCUT2D eigenvalue weighted by atomic mass is 10.3. The molecule has 0 spiro atoms. The molecule has 4 heteroatoms. The summed E-state index contributed by atoms with van der Waals surface area (Å²) in [7, 11) is 1.77. The molecule has 1 rings (SSSR count). The molecular weight excluding hydrogens is 267 g/mol. The summed E-state index contributed by atoms with van der Waals surface area (Å²) < 4.78 is 0.0384. The Kier molecular flexibility index (Phi) is 3.46. The molecule has 0 saturated carbocycles. The van der Waals surface area contributed by atoms with Crippen molar-refractivity contribution in [2.45, 2.75) is 6.54 Å². The summed E-state index contributed by atoms with van der Waals surface area (Å²) in [6, 6.07) is 3.81. The lowest BCUT2D eigenvalue weighted by Crippen LogP contribution is -2.19. The van der Waals surface area contributed by atoms with Gasteiger partial charge in [0.1, 0.15) is 0 Å². The van der Waals surface area contributed by atoms with Crippen molar-refractivity contribution in [2.24, 2.45) is 0 Å². The van der Waals surface area contributed by atoms with Gasteiger partial charge in [0, 0.05) is 48.6 Å². The summed E-state index contributed by atoms with van der Waals surface area (Å²) in [6.07, 6.45) is 3.48. The Bertz CT molecular complexity index is 263. The van der Waals surface area contributed by atoms with E-state index in [2.05, 4.69) is 4.98 Å². The number of halogens is 1. The Morgan fingerprint density at radius 2 is 2.50 bits per heavy atom. The molecule has 1 aromatic rings. The van der Waals surface area contributed by atoms with Crippen LogP contribution in [0.3, 0.4) is 0 Å². The number of carbonyl (C=O) groups is 1. The van der Waals surface area contributed by atoms with Gasteiger partial charge < -0.3 is 4.90 Å². The molecule has 64 valence electrons. The Hall–Kier alpha value is -0.650. The molecule has 0 N–H and O–H groups in total. The molecule has 1 amide bonds. The van der Waals surface area contributed by atoms with Crippen LogP contribution in [0.4, 0.5) is 4.79 Å². The van der Waals surface area contributed by atoms with Crippen molar-refractivity contribution in [2.75, 3.05) is 7.05 Å². The maximum absolute atomic E-state index is 10.8. The minimum absolute atomic E-state index is 0.0384. The molecule has 0 radical (unpaired) electrons. The number of pyridine rings is 1. The zero-order valence-electron chi connectivity index (χ0n) is 6.70. The van der Waals surface area contributed by atoms with Crippen molar-refractivity contribution < 1.29 is 4.79 Å². The lowest BCUT2D eigenvalue weighted by Gasteiger charge is -2.12. The van der Waals surface area contributed by atoms with Gasteiger partial charge in [0.05, 0.1) is 0 Å². The van der Waals surface area contributed by atoms with E-state index < -0.39 is 0 Å². The fraction of sp³-hybridized carbons (Fsp3) is 0.250. The van der Waals surface area contributed by atoms with Crippen molar-refractivity contribution in [1.82, 2.24) is 9.88 Å². The summed E-state index contributed by atoms with van der Waals surface area (Å²) in [6.45, 7) is 0.621. The van der Waals surface area contributed by atoms with Crippen LogP contribution in [0.1, 0.15) is 5.56 Å². The second-order valence-electron chi connectivity index (χ2n) is 2.47. The highest BCUT2D eigenvalue weighted by Gasteiger charge is 2.03. The number of rotatable bonds is 2. The molecule has 0 aromatic carbocycles. The normalized spacial score (nSPS) is 9.50. The monoisotopic (exact) mass is 276 g/mol. The highest BCUT2D eigenvalue weighted by atomic mass is 127. The van der Waals surface area contributed by atoms with Crippen molar-refractivity contribution in [1.29, 1.82) is 0 Å². The van der Waals surface area contributed by atoms with Gasteiger partial charge in [-0.25, -0.2) is 0 Å². The SMILES string of the molecule is CN(Cc1cccnc1)C(=O)I. The van der Waals surface area contributed by atoms with Crippen LogP contribution in [0.5, 0.6) is 0 Å². The maximum Gasteiger partial charge on any atom is 0.283 e. The second-order valence-corrected chi connectivity index (χ2v) is 3.39. The van der Waals surface area contributed by atoms with E-state index in [1.807, 2.05) is 12.1 Å². The van der Waals surface area contributed by atoms with Crippen LogP contribution in [-0.4, -0.2) is 20.8 Å². The van der Waals surface area contributed by atoms with E-state index in [1.54, 1.807) is 46.9 Å². The third-order valence-electron chi connectivity index (χ3n) is 1.44. The molecule has 12 heavy (non-hydrogen) atoms. The molecule has 0 fully saturated rings. The highest BCUT2D eigenvalue weighted by molar-refractivity contribution is 14.1. The van der Waals surface area contributed by atoms with Crippen molar-refractivity contribution in [3.05, 3.63) is 30.1 Å². The van der Waals surface area contributed by atoms with Gasteiger partial charge >= 0.3 is 0 Å². The molecule has 0 saturated heterocycles.